The lowest BCUT2D eigenvalue weighted by atomic mass is 10.2. The minimum absolute atomic E-state index is 0.543. The van der Waals surface area contributed by atoms with Crippen LogP contribution in [-0.2, 0) is 11.4 Å². The molecule has 1 N–H and O–H groups in total. The van der Waals surface area contributed by atoms with E-state index in [2.05, 4.69) is 5.32 Å². The quantitative estimate of drug-likeness (QED) is 0.797. The summed E-state index contributed by atoms with van der Waals surface area (Å²) in [7, 11) is 0. The van der Waals surface area contributed by atoms with E-state index in [0.29, 0.717) is 13.0 Å². The van der Waals surface area contributed by atoms with Gasteiger partial charge in [-0.1, -0.05) is 30.3 Å². The van der Waals surface area contributed by atoms with Gasteiger partial charge in [0.1, 0.15) is 12.4 Å². The van der Waals surface area contributed by atoms with Crippen molar-refractivity contribution in [3.63, 3.8) is 0 Å². The molecule has 2 aromatic rings. The van der Waals surface area contributed by atoms with Gasteiger partial charge in [-0.15, -0.1) is 0 Å². The molecule has 0 saturated carbocycles. The van der Waals surface area contributed by atoms with Crippen LogP contribution in [0.3, 0.4) is 0 Å². The number of nitrogens with one attached hydrogen (secondary N) is 1. The molecule has 0 aliphatic carbocycles. The number of ether oxygens (including phenoxy) is 1. The van der Waals surface area contributed by atoms with Crippen LogP contribution in [-0.4, -0.2) is 6.41 Å². The summed E-state index contributed by atoms with van der Waals surface area (Å²) < 4.78 is 5.61. The molecular formula is C14H13NO2. The predicted molar refractivity (Wildman–Crippen MR) is 66.9 cm³/mol. The molecule has 1 amide bonds. The van der Waals surface area contributed by atoms with Gasteiger partial charge in [0.2, 0.25) is 6.41 Å². The number of rotatable bonds is 5. The Kier molecular flexibility index (Phi) is 3.76. The van der Waals surface area contributed by atoms with Gasteiger partial charge in [-0.25, -0.2) is 0 Å². The maximum absolute atomic E-state index is 10.2. The molecule has 0 aliphatic heterocycles. The van der Waals surface area contributed by atoms with Crippen molar-refractivity contribution in [1.82, 2.24) is 0 Å². The van der Waals surface area contributed by atoms with Crippen LogP contribution < -0.4 is 10.1 Å². The monoisotopic (exact) mass is 227 g/mol. The molecule has 0 fully saturated rings. The average molecular weight is 227 g/mol. The third kappa shape index (κ3) is 3.34. The fourth-order valence-electron chi connectivity index (χ4n) is 1.46. The molecule has 0 aromatic heterocycles. The van der Waals surface area contributed by atoms with Crippen LogP contribution in [0.25, 0.3) is 0 Å². The van der Waals surface area contributed by atoms with Crippen LogP contribution >= 0.6 is 0 Å². The predicted octanol–water partition coefficient (Wildman–Crippen LogP) is 2.83. The molecule has 17 heavy (non-hydrogen) atoms. The van der Waals surface area contributed by atoms with Crippen molar-refractivity contribution in [3.05, 3.63) is 60.2 Å². The Morgan fingerprint density at radius 1 is 1.00 bits per heavy atom. The Morgan fingerprint density at radius 2 is 1.71 bits per heavy atom. The molecule has 2 rings (SSSR count). The largest absolute Gasteiger partial charge is 0.489 e. The zero-order chi connectivity index (χ0) is 11.9. The second-order valence-electron chi connectivity index (χ2n) is 3.56. The first kappa shape index (κ1) is 11.2. The number of carbonyl (C=O) groups excluding carboxylic acids is 1. The van der Waals surface area contributed by atoms with Crippen molar-refractivity contribution in [2.75, 3.05) is 5.32 Å². The minimum Gasteiger partial charge on any atom is -0.489 e. The summed E-state index contributed by atoms with van der Waals surface area (Å²) in [6.45, 7) is 0.543. The van der Waals surface area contributed by atoms with Crippen molar-refractivity contribution >= 4 is 12.1 Å². The van der Waals surface area contributed by atoms with Gasteiger partial charge in [-0.05, 0) is 29.8 Å². The summed E-state index contributed by atoms with van der Waals surface area (Å²) in [6.07, 6.45) is 0.653. The number of hydrogen-bond donors (Lipinski definition) is 1. The highest BCUT2D eigenvalue weighted by Gasteiger charge is 1.96. The van der Waals surface area contributed by atoms with E-state index in [-0.39, 0.29) is 0 Å². The Hall–Kier alpha value is -2.29. The highest BCUT2D eigenvalue weighted by molar-refractivity contribution is 5.71. The van der Waals surface area contributed by atoms with Crippen LogP contribution in [0.5, 0.6) is 5.75 Å². The number of carbonyl (C=O) groups is 1. The van der Waals surface area contributed by atoms with E-state index in [0.717, 1.165) is 17.0 Å². The lowest BCUT2D eigenvalue weighted by Gasteiger charge is -2.06. The fraction of sp³-hybridized carbons (Fsp3) is 0.0714. The summed E-state index contributed by atoms with van der Waals surface area (Å²) >= 11 is 0. The first-order valence-corrected chi connectivity index (χ1v) is 5.35. The van der Waals surface area contributed by atoms with E-state index in [1.54, 1.807) is 12.1 Å². The zero-order valence-corrected chi connectivity index (χ0v) is 9.30. The second kappa shape index (κ2) is 5.70. The minimum atomic E-state index is 0.543. The molecule has 0 atom stereocenters. The highest BCUT2D eigenvalue weighted by Crippen LogP contribution is 2.16. The molecule has 86 valence electrons. The summed E-state index contributed by atoms with van der Waals surface area (Å²) in [6, 6.07) is 17.2. The highest BCUT2D eigenvalue weighted by atomic mass is 16.5. The van der Waals surface area contributed by atoms with Gasteiger partial charge in [0, 0.05) is 5.69 Å². The summed E-state index contributed by atoms with van der Waals surface area (Å²) in [5, 5.41) is 2.57. The topological polar surface area (TPSA) is 38.3 Å². The maximum Gasteiger partial charge on any atom is 0.211 e. The molecule has 0 spiro atoms. The van der Waals surface area contributed by atoms with Crippen molar-refractivity contribution in [1.29, 1.82) is 0 Å². The summed E-state index contributed by atoms with van der Waals surface area (Å²) in [5.74, 6) is 0.783. The maximum atomic E-state index is 10.2. The van der Waals surface area contributed by atoms with Crippen molar-refractivity contribution in [2.45, 2.75) is 6.61 Å². The van der Waals surface area contributed by atoms with E-state index >= 15 is 0 Å². The van der Waals surface area contributed by atoms with Gasteiger partial charge in [0.15, 0.2) is 0 Å². The molecule has 0 saturated heterocycles. The molecule has 0 radical (unpaired) electrons. The third-order valence-electron chi connectivity index (χ3n) is 2.33. The van der Waals surface area contributed by atoms with Gasteiger partial charge in [0.25, 0.3) is 0 Å². The Morgan fingerprint density at radius 3 is 2.35 bits per heavy atom. The Labute approximate surface area is 100 Å². The number of benzene rings is 2. The molecule has 0 bridgehead atoms. The van der Waals surface area contributed by atoms with Crippen molar-refractivity contribution < 1.29 is 9.53 Å². The van der Waals surface area contributed by atoms with E-state index < -0.39 is 0 Å². The molecule has 3 heteroatoms. The van der Waals surface area contributed by atoms with E-state index in [1.165, 1.54) is 0 Å². The van der Waals surface area contributed by atoms with Gasteiger partial charge >= 0.3 is 0 Å². The van der Waals surface area contributed by atoms with Crippen LogP contribution in [0.1, 0.15) is 5.56 Å². The van der Waals surface area contributed by atoms with Gasteiger partial charge in [-0.3, -0.25) is 4.79 Å². The fourth-order valence-corrected chi connectivity index (χ4v) is 1.46. The SMILES string of the molecule is O=CNc1ccc(OCc2ccccc2)cc1. The Balaban J connectivity index is 1.93. The summed E-state index contributed by atoms with van der Waals surface area (Å²) in [5.41, 5.74) is 1.88. The standard InChI is InChI=1S/C14H13NO2/c16-11-15-13-6-8-14(9-7-13)17-10-12-4-2-1-3-5-12/h1-9,11H,10H2,(H,15,16). The van der Waals surface area contributed by atoms with Crippen molar-refractivity contribution in [2.24, 2.45) is 0 Å². The van der Waals surface area contributed by atoms with Crippen LogP contribution in [0.4, 0.5) is 5.69 Å². The zero-order valence-electron chi connectivity index (χ0n) is 9.30. The van der Waals surface area contributed by atoms with Crippen LogP contribution in [0.2, 0.25) is 0 Å². The first-order chi connectivity index (χ1) is 8.38. The van der Waals surface area contributed by atoms with Gasteiger partial charge in [0.05, 0.1) is 0 Å². The van der Waals surface area contributed by atoms with Gasteiger partial charge < -0.3 is 10.1 Å². The average Bonchev–Trinajstić information content (AvgIpc) is 2.40. The normalized spacial score (nSPS) is 9.65. The lowest BCUT2D eigenvalue weighted by molar-refractivity contribution is -0.105. The van der Waals surface area contributed by atoms with Crippen LogP contribution in [0.15, 0.2) is 54.6 Å². The van der Waals surface area contributed by atoms with E-state index in [1.807, 2.05) is 42.5 Å². The number of hydrogen-bond acceptors (Lipinski definition) is 2. The molecule has 0 unspecified atom stereocenters. The number of amides is 1. The van der Waals surface area contributed by atoms with E-state index in [9.17, 15) is 4.79 Å². The molecule has 3 nitrogen and oxygen atoms in total. The second-order valence-corrected chi connectivity index (χ2v) is 3.56. The molecule has 0 aliphatic rings. The number of anilines is 1. The van der Waals surface area contributed by atoms with Crippen molar-refractivity contribution in [3.8, 4) is 5.75 Å². The smallest absolute Gasteiger partial charge is 0.211 e. The van der Waals surface area contributed by atoms with E-state index in [4.69, 9.17) is 4.74 Å². The molecule has 2 aromatic carbocycles. The Bertz CT molecular complexity index is 465. The van der Waals surface area contributed by atoms with Gasteiger partial charge in [-0.2, -0.15) is 0 Å². The van der Waals surface area contributed by atoms with Crippen LogP contribution in [0, 0.1) is 0 Å². The first-order valence-electron chi connectivity index (χ1n) is 5.35. The molecular weight excluding hydrogens is 214 g/mol. The lowest BCUT2D eigenvalue weighted by Crippen LogP contribution is -1.96. The summed E-state index contributed by atoms with van der Waals surface area (Å²) in [4.78, 5) is 10.2. The third-order valence-corrected chi connectivity index (χ3v) is 2.33. The molecule has 0 heterocycles.